The van der Waals surface area contributed by atoms with Gasteiger partial charge in [0.05, 0.1) is 10.1 Å². The highest BCUT2D eigenvalue weighted by atomic mass is 32.2. The molecule has 0 fully saturated rings. The van der Waals surface area contributed by atoms with E-state index in [1.54, 1.807) is 12.1 Å². The molecule has 2 rings (SSSR count). The summed E-state index contributed by atoms with van der Waals surface area (Å²) in [6, 6.07) is 3.52. The van der Waals surface area contributed by atoms with Crippen molar-refractivity contribution < 1.29 is 19.1 Å². The molecule has 2 aromatic rings. The van der Waals surface area contributed by atoms with Crippen LogP contribution in [-0.2, 0) is 9.47 Å². The lowest BCUT2D eigenvalue weighted by molar-refractivity contribution is 0.00749. The Labute approximate surface area is 131 Å². The molecule has 0 spiro atoms. The molecule has 2 aromatic heterocycles. The Morgan fingerprint density at radius 2 is 1.57 bits per heavy atom. The second-order valence-corrected chi connectivity index (χ2v) is 8.28. The maximum absolute atomic E-state index is 12.0. The van der Waals surface area contributed by atoms with Crippen LogP contribution >= 0.6 is 22.7 Å². The van der Waals surface area contributed by atoms with Gasteiger partial charge < -0.3 is 9.47 Å². The fourth-order valence-corrected chi connectivity index (χ4v) is 3.85. The van der Waals surface area contributed by atoms with E-state index in [9.17, 15) is 9.59 Å². The van der Waals surface area contributed by atoms with Crippen molar-refractivity contribution in [3.63, 3.8) is 0 Å². The molecular formula is C15H18O4S2. The Bertz CT molecular complexity index is 642. The summed E-state index contributed by atoms with van der Waals surface area (Å²) in [7, 11) is 0. The lowest BCUT2D eigenvalue weighted by Crippen LogP contribution is -2.23. The van der Waals surface area contributed by atoms with Crippen LogP contribution < -0.4 is 0 Å². The highest BCUT2D eigenvalue weighted by Crippen LogP contribution is 2.34. The van der Waals surface area contributed by atoms with E-state index < -0.39 is 5.60 Å². The third kappa shape index (κ3) is 4.04. The first-order chi connectivity index (χ1) is 9.65. The zero-order valence-electron chi connectivity index (χ0n) is 12.7. The number of hydrogen-bond donors (Lipinski definition) is 0. The number of carbonyl (C=O) groups excluding carboxylic acids is 2. The van der Waals surface area contributed by atoms with E-state index in [2.05, 4.69) is 0 Å². The van der Waals surface area contributed by atoms with Crippen molar-refractivity contribution in [3.8, 4) is 0 Å². The molecule has 4 nitrogen and oxygen atoms in total. The molecule has 0 saturated carbocycles. The van der Waals surface area contributed by atoms with Crippen LogP contribution in [0.1, 0.15) is 54.0 Å². The van der Waals surface area contributed by atoms with Gasteiger partial charge in [-0.2, -0.15) is 0 Å². The van der Waals surface area contributed by atoms with Gasteiger partial charge in [-0.15, -0.1) is 22.7 Å². The van der Waals surface area contributed by atoms with Gasteiger partial charge in [-0.05, 0) is 46.8 Å². The smallest absolute Gasteiger partial charge is 0.348 e. The van der Waals surface area contributed by atoms with Crippen LogP contribution in [0.5, 0.6) is 0 Å². The van der Waals surface area contributed by atoms with E-state index in [0.29, 0.717) is 9.75 Å². The molecule has 0 unspecified atom stereocenters. The van der Waals surface area contributed by atoms with E-state index in [1.807, 2.05) is 34.6 Å². The third-order valence-electron chi connectivity index (χ3n) is 2.36. The minimum absolute atomic E-state index is 0.144. The summed E-state index contributed by atoms with van der Waals surface area (Å²) < 4.78 is 11.4. The third-order valence-corrected chi connectivity index (χ3v) is 4.71. The molecule has 0 aromatic carbocycles. The van der Waals surface area contributed by atoms with Gasteiger partial charge in [0.2, 0.25) is 0 Å². The van der Waals surface area contributed by atoms with Gasteiger partial charge in [0.1, 0.15) is 15.4 Å². The zero-order valence-corrected chi connectivity index (χ0v) is 14.3. The Balaban J connectivity index is 2.20. The molecule has 6 heteroatoms. The van der Waals surface area contributed by atoms with E-state index in [-0.39, 0.29) is 18.0 Å². The van der Waals surface area contributed by atoms with Crippen molar-refractivity contribution >= 4 is 44.0 Å². The summed E-state index contributed by atoms with van der Waals surface area (Å²) >= 11 is 2.68. The maximum Gasteiger partial charge on any atom is 0.348 e. The average Bonchev–Trinajstić information content (AvgIpc) is 2.82. The minimum atomic E-state index is -0.513. The number of carbonyl (C=O) groups is 2. The van der Waals surface area contributed by atoms with Crippen molar-refractivity contribution in [1.29, 1.82) is 0 Å². The maximum atomic E-state index is 12.0. The van der Waals surface area contributed by atoms with Crippen molar-refractivity contribution in [2.45, 2.75) is 46.3 Å². The number of fused-ring (bicyclic) bond motifs is 1. The van der Waals surface area contributed by atoms with Crippen molar-refractivity contribution in [3.05, 3.63) is 21.9 Å². The van der Waals surface area contributed by atoms with Crippen molar-refractivity contribution in [1.82, 2.24) is 0 Å². The fraction of sp³-hybridized carbons (Fsp3) is 0.467. The van der Waals surface area contributed by atoms with E-state index in [1.165, 1.54) is 22.7 Å². The average molecular weight is 326 g/mol. The largest absolute Gasteiger partial charge is 0.459 e. The van der Waals surface area contributed by atoms with Gasteiger partial charge in [-0.25, -0.2) is 9.59 Å². The second kappa shape index (κ2) is 5.77. The normalized spacial score (nSPS) is 11.9. The molecular weight excluding hydrogens is 308 g/mol. The zero-order chi connectivity index (χ0) is 15.8. The summed E-state index contributed by atoms with van der Waals surface area (Å²) in [6.07, 6.45) is -0.144. The molecule has 0 amide bonds. The van der Waals surface area contributed by atoms with Crippen LogP contribution in [0.3, 0.4) is 0 Å². The SMILES string of the molecule is CC(C)OC(=O)c1cc2cc(C(=O)OC(C)(C)C)sc2s1. The summed E-state index contributed by atoms with van der Waals surface area (Å²) in [5, 5.41) is 0.876. The predicted molar refractivity (Wildman–Crippen MR) is 85.4 cm³/mol. The molecule has 0 saturated heterocycles. The van der Waals surface area contributed by atoms with Gasteiger partial charge in [-0.1, -0.05) is 0 Å². The van der Waals surface area contributed by atoms with E-state index in [0.717, 1.165) is 9.40 Å². The number of ether oxygens (including phenoxy) is 2. The van der Waals surface area contributed by atoms with Crippen LogP contribution in [-0.4, -0.2) is 23.6 Å². The van der Waals surface area contributed by atoms with Gasteiger partial charge in [-0.3, -0.25) is 0 Å². The topological polar surface area (TPSA) is 52.6 Å². The molecule has 0 aliphatic rings. The first kappa shape index (κ1) is 16.0. The molecule has 114 valence electrons. The Morgan fingerprint density at radius 1 is 1.05 bits per heavy atom. The number of hydrogen-bond acceptors (Lipinski definition) is 6. The van der Waals surface area contributed by atoms with Crippen LogP contribution in [0.2, 0.25) is 0 Å². The van der Waals surface area contributed by atoms with Gasteiger partial charge in [0.25, 0.3) is 0 Å². The highest BCUT2D eigenvalue weighted by molar-refractivity contribution is 7.39. The van der Waals surface area contributed by atoms with Crippen LogP contribution in [0.4, 0.5) is 0 Å². The van der Waals surface area contributed by atoms with Crippen molar-refractivity contribution in [2.75, 3.05) is 0 Å². The summed E-state index contributed by atoms with van der Waals surface area (Å²) in [5.74, 6) is -0.653. The Hall–Kier alpha value is -1.40. The molecule has 21 heavy (non-hydrogen) atoms. The fourth-order valence-electron chi connectivity index (χ4n) is 1.64. The van der Waals surface area contributed by atoms with Gasteiger partial charge >= 0.3 is 11.9 Å². The molecule has 0 atom stereocenters. The number of rotatable bonds is 3. The van der Waals surface area contributed by atoms with Crippen LogP contribution in [0.15, 0.2) is 12.1 Å². The summed E-state index contributed by atoms with van der Waals surface area (Å²) in [6.45, 7) is 9.13. The van der Waals surface area contributed by atoms with Crippen LogP contribution in [0.25, 0.3) is 9.40 Å². The molecule has 2 heterocycles. The van der Waals surface area contributed by atoms with Gasteiger partial charge in [0, 0.05) is 5.39 Å². The quantitative estimate of drug-likeness (QED) is 0.780. The molecule has 0 N–H and O–H groups in total. The second-order valence-electron chi connectivity index (χ2n) is 5.92. The first-order valence-corrected chi connectivity index (χ1v) is 8.27. The summed E-state index contributed by atoms with van der Waals surface area (Å²) in [4.78, 5) is 24.9. The number of thiophene rings is 2. The summed E-state index contributed by atoms with van der Waals surface area (Å²) in [5.41, 5.74) is -0.513. The molecule has 0 aliphatic carbocycles. The van der Waals surface area contributed by atoms with E-state index >= 15 is 0 Å². The van der Waals surface area contributed by atoms with E-state index in [4.69, 9.17) is 9.47 Å². The van der Waals surface area contributed by atoms with Crippen LogP contribution in [0, 0.1) is 0 Å². The molecule has 0 aliphatic heterocycles. The Kier molecular flexibility index (Phi) is 4.39. The molecule has 0 radical (unpaired) electrons. The standard InChI is InChI=1S/C15H18O4S2/c1-8(2)18-12(16)10-6-9-7-11(21-14(9)20-10)13(17)19-15(3,4)5/h6-8H,1-5H3. The Morgan fingerprint density at radius 3 is 2.00 bits per heavy atom. The predicted octanol–water partition coefficient (Wildman–Crippen LogP) is 4.48. The number of esters is 2. The van der Waals surface area contributed by atoms with Gasteiger partial charge in [0.15, 0.2) is 0 Å². The lowest BCUT2D eigenvalue weighted by atomic mass is 10.2. The lowest BCUT2D eigenvalue weighted by Gasteiger charge is -2.18. The first-order valence-electron chi connectivity index (χ1n) is 6.63. The highest BCUT2D eigenvalue weighted by Gasteiger charge is 2.21. The van der Waals surface area contributed by atoms with Crippen molar-refractivity contribution in [2.24, 2.45) is 0 Å². The monoisotopic (exact) mass is 326 g/mol. The minimum Gasteiger partial charge on any atom is -0.459 e. The molecule has 0 bridgehead atoms.